The van der Waals surface area contributed by atoms with E-state index >= 15 is 0 Å². The van der Waals surface area contributed by atoms with Gasteiger partial charge < -0.3 is 9.88 Å². The van der Waals surface area contributed by atoms with E-state index < -0.39 is 5.54 Å². The molecule has 0 fully saturated rings. The Kier molecular flexibility index (Phi) is 9.10. The van der Waals surface area contributed by atoms with E-state index in [0.717, 1.165) is 27.9 Å². The normalized spacial score (nSPS) is 11.9. The molecule has 0 saturated carbocycles. The second-order valence-corrected chi connectivity index (χ2v) is 12.5. The lowest BCUT2D eigenvalue weighted by Gasteiger charge is -2.37. The maximum Gasteiger partial charge on any atom is 0.226 e. The molecule has 0 aliphatic carbocycles. The standard InChI is InChI=1S/C40H33ClN8O/c1-28(25-49-20-19-36(47-49)29-17-18-30(24-42)35(41)21-29)44-39(50)23-34-22-37(46-45-34)38-26-48(27-43-38)40(31-11-5-2-6-12-31,32-13-7-3-8-14-32)33-15-9-4-10-16-33/h2-22,26-28H,23,25H2,1H3,(H,44,50)(H,45,46)/t28-/m0/s1. The number of imidazole rings is 1. The number of amides is 1. The molecule has 0 spiro atoms. The number of rotatable bonds is 11. The average molecular weight is 677 g/mol. The molecule has 246 valence electrons. The van der Waals surface area contributed by atoms with Crippen LogP contribution in [0.3, 0.4) is 0 Å². The van der Waals surface area contributed by atoms with Crippen LogP contribution in [0.5, 0.6) is 0 Å². The highest BCUT2D eigenvalue weighted by Crippen LogP contribution is 2.41. The van der Waals surface area contributed by atoms with Crippen LogP contribution >= 0.6 is 11.6 Å². The minimum Gasteiger partial charge on any atom is -0.351 e. The number of hydrogen-bond acceptors (Lipinski definition) is 5. The monoisotopic (exact) mass is 676 g/mol. The summed E-state index contributed by atoms with van der Waals surface area (Å²) in [4.78, 5) is 17.8. The summed E-state index contributed by atoms with van der Waals surface area (Å²) in [6.45, 7) is 2.41. The molecule has 3 aromatic heterocycles. The Morgan fingerprint density at radius 1 is 0.880 bits per heavy atom. The van der Waals surface area contributed by atoms with E-state index in [4.69, 9.17) is 21.8 Å². The lowest BCUT2D eigenvalue weighted by Crippen LogP contribution is -2.36. The van der Waals surface area contributed by atoms with E-state index in [2.05, 4.69) is 104 Å². The molecular formula is C40H33ClN8O. The molecule has 0 saturated heterocycles. The van der Waals surface area contributed by atoms with Gasteiger partial charge >= 0.3 is 0 Å². The summed E-state index contributed by atoms with van der Waals surface area (Å²) in [6, 6.07) is 42.1. The number of nitriles is 1. The quantitative estimate of drug-likeness (QED) is 0.140. The molecule has 7 aromatic rings. The summed E-state index contributed by atoms with van der Waals surface area (Å²) in [5.74, 6) is -0.138. The van der Waals surface area contributed by atoms with Crippen LogP contribution in [0.1, 0.15) is 34.9 Å². The fraction of sp³-hybridized carbons (Fsp3) is 0.125. The molecule has 0 aliphatic heterocycles. The van der Waals surface area contributed by atoms with E-state index in [9.17, 15) is 4.79 Å². The van der Waals surface area contributed by atoms with E-state index in [-0.39, 0.29) is 18.4 Å². The zero-order valence-electron chi connectivity index (χ0n) is 27.2. The van der Waals surface area contributed by atoms with Crippen LogP contribution in [0.15, 0.2) is 140 Å². The number of carbonyl (C=O) groups is 1. The summed E-state index contributed by atoms with van der Waals surface area (Å²) in [6.07, 6.45) is 5.85. The number of aromatic amines is 1. The van der Waals surface area contributed by atoms with Crippen molar-refractivity contribution in [2.45, 2.75) is 31.5 Å². The summed E-state index contributed by atoms with van der Waals surface area (Å²) >= 11 is 6.20. The van der Waals surface area contributed by atoms with E-state index in [1.165, 1.54) is 0 Å². The van der Waals surface area contributed by atoms with E-state index in [1.807, 2.05) is 62.0 Å². The Labute approximate surface area is 294 Å². The lowest BCUT2D eigenvalue weighted by molar-refractivity contribution is -0.121. The van der Waals surface area contributed by atoms with Crippen LogP contribution in [0.4, 0.5) is 0 Å². The molecule has 50 heavy (non-hydrogen) atoms. The predicted molar refractivity (Wildman–Crippen MR) is 193 cm³/mol. The largest absolute Gasteiger partial charge is 0.351 e. The zero-order chi connectivity index (χ0) is 34.5. The third-order valence-corrected chi connectivity index (χ3v) is 9.00. The van der Waals surface area contributed by atoms with Gasteiger partial charge in [0.1, 0.15) is 23.0 Å². The molecule has 4 aromatic carbocycles. The molecule has 0 aliphatic rings. The zero-order valence-corrected chi connectivity index (χ0v) is 28.0. The van der Waals surface area contributed by atoms with Crippen LogP contribution in [0.2, 0.25) is 5.02 Å². The first-order valence-electron chi connectivity index (χ1n) is 16.2. The van der Waals surface area contributed by atoms with Gasteiger partial charge in [-0.05, 0) is 47.9 Å². The smallest absolute Gasteiger partial charge is 0.226 e. The molecule has 10 heteroatoms. The molecule has 1 amide bonds. The van der Waals surface area contributed by atoms with E-state index in [0.29, 0.717) is 34.2 Å². The van der Waals surface area contributed by atoms with Crippen molar-refractivity contribution in [3.63, 3.8) is 0 Å². The van der Waals surface area contributed by atoms with Crippen LogP contribution in [-0.4, -0.2) is 41.5 Å². The molecule has 0 bridgehead atoms. The minimum atomic E-state index is -0.686. The number of benzene rings is 4. The summed E-state index contributed by atoms with van der Waals surface area (Å²) < 4.78 is 3.92. The first-order chi connectivity index (χ1) is 24.4. The Bertz CT molecular complexity index is 2170. The van der Waals surface area contributed by atoms with Gasteiger partial charge in [0, 0.05) is 29.7 Å². The van der Waals surface area contributed by atoms with Crippen molar-refractivity contribution in [1.82, 2.24) is 34.8 Å². The number of halogens is 1. The molecule has 1 atom stereocenters. The van der Waals surface area contributed by atoms with Crippen molar-refractivity contribution in [3.05, 3.63) is 173 Å². The first-order valence-corrected chi connectivity index (χ1v) is 16.6. The van der Waals surface area contributed by atoms with Gasteiger partial charge in [-0.15, -0.1) is 0 Å². The van der Waals surface area contributed by atoms with E-state index in [1.54, 1.807) is 16.8 Å². The Balaban J connectivity index is 1.07. The number of aromatic nitrogens is 6. The van der Waals surface area contributed by atoms with Crippen molar-refractivity contribution in [3.8, 4) is 28.7 Å². The molecule has 9 nitrogen and oxygen atoms in total. The highest BCUT2D eigenvalue weighted by molar-refractivity contribution is 6.32. The van der Waals surface area contributed by atoms with Gasteiger partial charge in [-0.25, -0.2) is 4.98 Å². The second-order valence-electron chi connectivity index (χ2n) is 12.1. The van der Waals surface area contributed by atoms with Crippen LogP contribution < -0.4 is 5.32 Å². The lowest BCUT2D eigenvalue weighted by atomic mass is 9.77. The fourth-order valence-corrected chi connectivity index (χ4v) is 6.64. The number of carbonyl (C=O) groups excluding carboxylic acids is 1. The van der Waals surface area contributed by atoms with Crippen LogP contribution in [0, 0.1) is 11.3 Å². The Hall–Kier alpha value is -6.24. The SMILES string of the molecule is C[C@@H](Cn1ccc(-c2ccc(C#N)c(Cl)c2)n1)NC(=O)Cc1cc(-c2cn(C(c3ccccc3)(c3ccccc3)c3ccccc3)cn2)n[nH]1. The third kappa shape index (κ3) is 6.44. The fourth-order valence-electron chi connectivity index (χ4n) is 6.41. The molecular weight excluding hydrogens is 644 g/mol. The predicted octanol–water partition coefficient (Wildman–Crippen LogP) is 7.25. The van der Waals surface area contributed by atoms with Crippen molar-refractivity contribution in [2.75, 3.05) is 0 Å². The number of hydrogen-bond donors (Lipinski definition) is 2. The molecule has 7 rings (SSSR count). The average Bonchev–Trinajstić information content (AvgIpc) is 3.92. The van der Waals surface area contributed by atoms with Gasteiger partial charge in [-0.2, -0.15) is 15.5 Å². The maximum absolute atomic E-state index is 13.0. The summed E-state index contributed by atoms with van der Waals surface area (Å²) in [7, 11) is 0. The van der Waals surface area contributed by atoms with Gasteiger partial charge in [-0.3, -0.25) is 14.6 Å². The van der Waals surface area contributed by atoms with Gasteiger partial charge in [0.25, 0.3) is 0 Å². The molecule has 0 radical (unpaired) electrons. The summed E-state index contributed by atoms with van der Waals surface area (Å²) in [5, 5.41) is 24.8. The van der Waals surface area contributed by atoms with Crippen molar-refractivity contribution in [2.24, 2.45) is 0 Å². The highest BCUT2D eigenvalue weighted by Gasteiger charge is 2.38. The third-order valence-electron chi connectivity index (χ3n) is 8.68. The van der Waals surface area contributed by atoms with Gasteiger partial charge in [0.15, 0.2) is 0 Å². The molecule has 0 unspecified atom stereocenters. The van der Waals surface area contributed by atoms with Gasteiger partial charge in [0.2, 0.25) is 5.91 Å². The minimum absolute atomic E-state index is 0.133. The van der Waals surface area contributed by atoms with Gasteiger partial charge in [-0.1, -0.05) is 109 Å². The van der Waals surface area contributed by atoms with Gasteiger partial charge in [0.05, 0.1) is 35.6 Å². The Morgan fingerprint density at radius 3 is 2.12 bits per heavy atom. The molecule has 3 heterocycles. The van der Waals surface area contributed by atoms with Crippen LogP contribution in [0.25, 0.3) is 22.6 Å². The van der Waals surface area contributed by atoms with Crippen molar-refractivity contribution >= 4 is 17.5 Å². The Morgan fingerprint density at radius 2 is 1.52 bits per heavy atom. The van der Waals surface area contributed by atoms with Crippen molar-refractivity contribution in [1.29, 1.82) is 5.26 Å². The first kappa shape index (κ1) is 32.3. The maximum atomic E-state index is 13.0. The topological polar surface area (TPSA) is 117 Å². The number of nitrogens with one attached hydrogen (secondary N) is 2. The molecule has 2 N–H and O–H groups in total. The number of nitrogens with zero attached hydrogens (tertiary/aromatic N) is 6. The second kappa shape index (κ2) is 14.1. The highest BCUT2D eigenvalue weighted by atomic mass is 35.5. The van der Waals surface area contributed by atoms with Crippen LogP contribution in [-0.2, 0) is 23.3 Å². The summed E-state index contributed by atoms with van der Waals surface area (Å²) in [5.41, 5.74) is 6.58. The number of H-pyrrole nitrogens is 1. The van der Waals surface area contributed by atoms with Crippen molar-refractivity contribution < 1.29 is 4.79 Å².